The van der Waals surface area contributed by atoms with E-state index >= 15 is 0 Å². The number of hydrogen-bond acceptors (Lipinski definition) is 3. The van der Waals surface area contributed by atoms with Crippen LogP contribution >= 0.6 is 0 Å². The zero-order chi connectivity index (χ0) is 11.8. The minimum Gasteiger partial charge on any atom is -0.340 e. The molecule has 5 nitrogen and oxygen atoms in total. The second-order valence-corrected chi connectivity index (χ2v) is 4.82. The number of carbonyl (C=O) groups excluding carboxylic acids is 1. The number of nitrogens with one attached hydrogen (secondary N) is 1. The van der Waals surface area contributed by atoms with E-state index in [1.54, 1.807) is 24.3 Å². The summed E-state index contributed by atoms with van der Waals surface area (Å²) in [4.78, 5) is 13.8. The van der Waals surface area contributed by atoms with Crippen LogP contribution in [0.5, 0.6) is 0 Å². The molecule has 1 unspecified atom stereocenters. The number of amides is 1. The molecule has 1 aromatic heterocycles. The Bertz CT molecular complexity index is 367. The Labute approximate surface area is 95.0 Å². The van der Waals surface area contributed by atoms with Crippen molar-refractivity contribution in [1.29, 1.82) is 0 Å². The van der Waals surface area contributed by atoms with Gasteiger partial charge in [0.25, 0.3) is 0 Å². The summed E-state index contributed by atoms with van der Waals surface area (Å²) in [6.45, 7) is 2.38. The number of H-pyrrole nitrogens is 1. The average molecular weight is 222 g/mol. The van der Waals surface area contributed by atoms with Gasteiger partial charge >= 0.3 is 0 Å². The van der Waals surface area contributed by atoms with Gasteiger partial charge in [0.15, 0.2) is 0 Å². The number of nitrogens with zero attached hydrogens (tertiary/aromatic N) is 2. The average Bonchev–Trinajstić information content (AvgIpc) is 2.99. The van der Waals surface area contributed by atoms with E-state index in [4.69, 9.17) is 5.73 Å². The molecular weight excluding hydrogens is 204 g/mol. The first-order valence-electron chi connectivity index (χ1n) is 5.54. The number of rotatable bonds is 4. The summed E-state index contributed by atoms with van der Waals surface area (Å²) >= 11 is 0. The second kappa shape index (κ2) is 3.90. The Morgan fingerprint density at radius 3 is 2.94 bits per heavy atom. The van der Waals surface area contributed by atoms with Gasteiger partial charge in [0.1, 0.15) is 0 Å². The lowest BCUT2D eigenvalue weighted by Gasteiger charge is -2.29. The van der Waals surface area contributed by atoms with E-state index < -0.39 is 5.54 Å². The molecule has 0 saturated heterocycles. The molecule has 3 N–H and O–H groups in total. The lowest BCUT2D eigenvalue weighted by molar-refractivity contribution is -0.136. The molecule has 1 atom stereocenters. The Balaban J connectivity index is 1.98. The van der Waals surface area contributed by atoms with E-state index in [0.717, 1.165) is 18.4 Å². The molecule has 1 amide bonds. The van der Waals surface area contributed by atoms with Crippen LogP contribution in [0.25, 0.3) is 0 Å². The number of likely N-dealkylation sites (N-methyl/N-ethyl adjacent to an activating group) is 1. The first-order valence-corrected chi connectivity index (χ1v) is 5.54. The summed E-state index contributed by atoms with van der Waals surface area (Å²) in [6, 6.07) is 0. The highest BCUT2D eigenvalue weighted by atomic mass is 16.2. The van der Waals surface area contributed by atoms with Crippen molar-refractivity contribution >= 4 is 5.91 Å². The van der Waals surface area contributed by atoms with Crippen LogP contribution in [-0.4, -0.2) is 33.6 Å². The fraction of sp³-hybridized carbons (Fsp3) is 0.636. The van der Waals surface area contributed by atoms with Crippen molar-refractivity contribution in [2.24, 2.45) is 11.7 Å². The zero-order valence-electron chi connectivity index (χ0n) is 9.73. The van der Waals surface area contributed by atoms with E-state index in [1.165, 1.54) is 0 Å². The van der Waals surface area contributed by atoms with Gasteiger partial charge in [0.2, 0.25) is 5.91 Å². The Hall–Kier alpha value is -1.36. The van der Waals surface area contributed by atoms with Crippen LogP contribution in [-0.2, 0) is 11.3 Å². The largest absolute Gasteiger partial charge is 0.340 e. The maximum Gasteiger partial charge on any atom is 0.242 e. The van der Waals surface area contributed by atoms with Crippen molar-refractivity contribution in [2.45, 2.75) is 31.8 Å². The fourth-order valence-electron chi connectivity index (χ4n) is 1.98. The Morgan fingerprint density at radius 2 is 2.44 bits per heavy atom. The van der Waals surface area contributed by atoms with Crippen molar-refractivity contribution < 1.29 is 4.79 Å². The molecule has 88 valence electrons. The molecule has 5 heteroatoms. The molecule has 2 rings (SSSR count). The lowest BCUT2D eigenvalue weighted by Crippen LogP contribution is -2.53. The third-order valence-electron chi connectivity index (χ3n) is 3.21. The minimum atomic E-state index is -0.710. The molecule has 1 fully saturated rings. The van der Waals surface area contributed by atoms with E-state index in [0.29, 0.717) is 12.5 Å². The van der Waals surface area contributed by atoms with Gasteiger partial charge in [0, 0.05) is 25.4 Å². The molecule has 1 saturated carbocycles. The molecule has 1 aliphatic carbocycles. The molecule has 0 spiro atoms. The maximum atomic E-state index is 12.1. The summed E-state index contributed by atoms with van der Waals surface area (Å²) < 4.78 is 0. The van der Waals surface area contributed by atoms with Crippen LogP contribution in [0.3, 0.4) is 0 Å². The summed E-state index contributed by atoms with van der Waals surface area (Å²) in [5, 5.41) is 6.58. The normalized spacial score (nSPS) is 19.2. The first-order chi connectivity index (χ1) is 7.51. The van der Waals surface area contributed by atoms with E-state index in [-0.39, 0.29) is 5.91 Å². The van der Waals surface area contributed by atoms with Crippen LogP contribution in [0.1, 0.15) is 25.3 Å². The fourth-order valence-corrected chi connectivity index (χ4v) is 1.98. The van der Waals surface area contributed by atoms with E-state index in [2.05, 4.69) is 10.2 Å². The van der Waals surface area contributed by atoms with Crippen molar-refractivity contribution in [3.05, 3.63) is 18.0 Å². The highest BCUT2D eigenvalue weighted by Gasteiger charge is 2.45. The smallest absolute Gasteiger partial charge is 0.242 e. The molecule has 1 heterocycles. The van der Waals surface area contributed by atoms with Gasteiger partial charge in [-0.15, -0.1) is 0 Å². The predicted molar refractivity (Wildman–Crippen MR) is 60.4 cm³/mol. The summed E-state index contributed by atoms with van der Waals surface area (Å²) in [5.41, 5.74) is 6.36. The number of aromatic amines is 1. The van der Waals surface area contributed by atoms with Crippen LogP contribution < -0.4 is 5.73 Å². The van der Waals surface area contributed by atoms with Crippen LogP contribution in [0.2, 0.25) is 0 Å². The van der Waals surface area contributed by atoms with Gasteiger partial charge in [0.05, 0.1) is 11.7 Å². The van der Waals surface area contributed by atoms with Gasteiger partial charge in [-0.05, 0) is 25.7 Å². The summed E-state index contributed by atoms with van der Waals surface area (Å²) in [6.07, 6.45) is 5.64. The van der Waals surface area contributed by atoms with Crippen molar-refractivity contribution in [2.75, 3.05) is 7.05 Å². The maximum absolute atomic E-state index is 12.1. The van der Waals surface area contributed by atoms with Crippen LogP contribution in [0.15, 0.2) is 12.4 Å². The molecule has 0 radical (unpaired) electrons. The zero-order valence-corrected chi connectivity index (χ0v) is 9.73. The minimum absolute atomic E-state index is 0.0104. The predicted octanol–water partition coefficient (Wildman–Crippen LogP) is 0.496. The third-order valence-corrected chi connectivity index (χ3v) is 3.21. The number of hydrogen-bond donors (Lipinski definition) is 2. The molecule has 1 aromatic rings. The van der Waals surface area contributed by atoms with Crippen molar-refractivity contribution in [3.63, 3.8) is 0 Å². The third kappa shape index (κ3) is 2.09. The SMILES string of the molecule is CN(Cc1cn[nH]c1)C(=O)C(C)(N)C1CC1. The monoisotopic (exact) mass is 222 g/mol. The highest BCUT2D eigenvalue weighted by molar-refractivity contribution is 5.86. The molecule has 16 heavy (non-hydrogen) atoms. The van der Waals surface area contributed by atoms with E-state index in [1.807, 2.05) is 6.92 Å². The molecule has 0 aromatic carbocycles. The lowest BCUT2D eigenvalue weighted by atomic mass is 9.95. The van der Waals surface area contributed by atoms with Gasteiger partial charge in [-0.2, -0.15) is 5.10 Å². The van der Waals surface area contributed by atoms with Crippen LogP contribution in [0, 0.1) is 5.92 Å². The number of carbonyl (C=O) groups is 1. The molecule has 1 aliphatic rings. The second-order valence-electron chi connectivity index (χ2n) is 4.82. The van der Waals surface area contributed by atoms with Crippen LogP contribution in [0.4, 0.5) is 0 Å². The summed E-state index contributed by atoms with van der Waals surface area (Å²) in [7, 11) is 1.78. The van der Waals surface area contributed by atoms with Crippen molar-refractivity contribution in [3.8, 4) is 0 Å². The first kappa shape index (κ1) is 11.1. The van der Waals surface area contributed by atoms with Crippen molar-refractivity contribution in [1.82, 2.24) is 15.1 Å². The summed E-state index contributed by atoms with van der Waals surface area (Å²) in [5.74, 6) is 0.364. The highest BCUT2D eigenvalue weighted by Crippen LogP contribution is 2.38. The Kier molecular flexibility index (Phi) is 2.71. The molecule has 0 aliphatic heterocycles. The van der Waals surface area contributed by atoms with Gasteiger partial charge in [-0.3, -0.25) is 9.89 Å². The van der Waals surface area contributed by atoms with E-state index in [9.17, 15) is 4.79 Å². The molecule has 0 bridgehead atoms. The quantitative estimate of drug-likeness (QED) is 0.778. The van der Waals surface area contributed by atoms with Gasteiger partial charge < -0.3 is 10.6 Å². The molecular formula is C11H18N4O. The van der Waals surface area contributed by atoms with Gasteiger partial charge in [-0.1, -0.05) is 0 Å². The topological polar surface area (TPSA) is 75.0 Å². The standard InChI is InChI=1S/C11H18N4O/c1-11(12,9-3-4-9)10(16)15(2)7-8-5-13-14-6-8/h5-6,9H,3-4,7,12H2,1-2H3,(H,13,14). The van der Waals surface area contributed by atoms with Gasteiger partial charge in [-0.25, -0.2) is 0 Å². The number of aromatic nitrogens is 2. The number of nitrogens with two attached hydrogens (primary N) is 1. The Morgan fingerprint density at radius 1 is 1.75 bits per heavy atom.